The Morgan fingerprint density at radius 2 is 0.676 bits per heavy atom. The van der Waals surface area contributed by atoms with Gasteiger partial charge >= 0.3 is 0 Å². The van der Waals surface area contributed by atoms with Gasteiger partial charge in [0.1, 0.15) is 0 Å². The van der Waals surface area contributed by atoms with Gasteiger partial charge in [0.2, 0.25) is 0 Å². The molecule has 0 aromatic carbocycles. The van der Waals surface area contributed by atoms with Gasteiger partial charge in [0, 0.05) is 24.8 Å². The predicted molar refractivity (Wildman–Crippen MR) is 132 cm³/mol. The Labute approximate surface area is 199 Å². The van der Waals surface area contributed by atoms with Crippen molar-refractivity contribution >= 4 is 0 Å². The minimum absolute atomic E-state index is 0.645. The number of aromatic nitrogens is 5. The first-order valence-electron chi connectivity index (χ1n) is 11.3. The zero-order valence-corrected chi connectivity index (χ0v) is 19.2. The summed E-state index contributed by atoms with van der Waals surface area (Å²) < 4.78 is 0. The van der Waals surface area contributed by atoms with Crippen LogP contribution in [0.1, 0.15) is 48.0 Å². The summed E-state index contributed by atoms with van der Waals surface area (Å²) in [7, 11) is 0. The fourth-order valence-electron chi connectivity index (χ4n) is 4.41. The van der Waals surface area contributed by atoms with Crippen molar-refractivity contribution in [3.8, 4) is 0 Å². The molecule has 5 aromatic heterocycles. The third-order valence-corrected chi connectivity index (χ3v) is 6.48. The van der Waals surface area contributed by atoms with Crippen LogP contribution in [0.5, 0.6) is 0 Å². The van der Waals surface area contributed by atoms with Gasteiger partial charge in [-0.2, -0.15) is 0 Å². The number of hydrogen-bond donors (Lipinski definition) is 0. The lowest BCUT2D eigenvalue weighted by Crippen LogP contribution is -2.33. The zero-order valence-electron chi connectivity index (χ0n) is 19.2. The molecule has 0 saturated carbocycles. The van der Waals surface area contributed by atoms with Crippen LogP contribution in [0.4, 0.5) is 0 Å². The molecule has 5 nitrogen and oxygen atoms in total. The molecular formula is C29H25N5. The molecule has 0 aliphatic heterocycles. The molecule has 34 heavy (non-hydrogen) atoms. The molecule has 0 N–H and O–H groups in total. The van der Waals surface area contributed by atoms with E-state index in [4.69, 9.17) is 24.9 Å². The maximum absolute atomic E-state index is 5.26. The second-order valence-electron chi connectivity index (χ2n) is 8.52. The number of pyridine rings is 5. The molecule has 0 fully saturated rings. The summed E-state index contributed by atoms with van der Waals surface area (Å²) in [5.74, 6) is 0. The first-order valence-corrected chi connectivity index (χ1v) is 11.3. The van der Waals surface area contributed by atoms with Crippen molar-refractivity contribution in [1.82, 2.24) is 24.9 Å². The van der Waals surface area contributed by atoms with Gasteiger partial charge in [-0.25, -0.2) is 0 Å². The normalized spacial score (nSPS) is 11.8. The summed E-state index contributed by atoms with van der Waals surface area (Å²) in [6, 6.07) is 29.9. The maximum atomic E-state index is 5.26. The monoisotopic (exact) mass is 443 g/mol. The van der Waals surface area contributed by atoms with Crippen molar-refractivity contribution in [3.63, 3.8) is 0 Å². The highest BCUT2D eigenvalue weighted by atomic mass is 14.9. The average Bonchev–Trinajstić information content (AvgIpc) is 2.94. The summed E-state index contributed by atoms with van der Waals surface area (Å²) in [5, 5.41) is 0. The Morgan fingerprint density at radius 3 is 0.941 bits per heavy atom. The van der Waals surface area contributed by atoms with Gasteiger partial charge in [-0.3, -0.25) is 24.9 Å². The lowest BCUT2D eigenvalue weighted by atomic mass is 9.76. The van der Waals surface area contributed by atoms with Crippen molar-refractivity contribution in [3.05, 3.63) is 150 Å². The molecule has 0 atom stereocenters. The van der Waals surface area contributed by atoms with Gasteiger partial charge < -0.3 is 0 Å². The highest BCUT2D eigenvalue weighted by molar-refractivity contribution is 5.45. The third kappa shape index (κ3) is 3.65. The van der Waals surface area contributed by atoms with Crippen molar-refractivity contribution in [2.75, 3.05) is 0 Å². The maximum Gasteiger partial charge on any atom is 0.0939 e. The molecular weight excluding hydrogens is 418 g/mol. The van der Waals surface area contributed by atoms with Gasteiger partial charge in [0.05, 0.1) is 45.0 Å². The Kier molecular flexibility index (Phi) is 5.68. The van der Waals surface area contributed by atoms with Crippen LogP contribution in [0, 0.1) is 0 Å². The van der Waals surface area contributed by atoms with E-state index in [2.05, 4.69) is 13.8 Å². The van der Waals surface area contributed by atoms with E-state index in [9.17, 15) is 0 Å². The van der Waals surface area contributed by atoms with E-state index in [1.165, 1.54) is 0 Å². The van der Waals surface area contributed by atoms with Gasteiger partial charge in [0.15, 0.2) is 0 Å². The Morgan fingerprint density at radius 1 is 0.382 bits per heavy atom. The standard InChI is InChI=1S/C29H25N5/c1-28(22-12-3-7-18-30-22,23-13-4-8-19-31-23)26-16-11-17-27(34-26)29(2,24-14-5-9-20-32-24)25-15-6-10-21-33-25/h3-21H,1-2H3. The Bertz CT molecular complexity index is 1170. The Hall–Kier alpha value is -4.25. The van der Waals surface area contributed by atoms with Crippen LogP contribution in [0.15, 0.2) is 116 Å². The van der Waals surface area contributed by atoms with Crippen LogP contribution in [-0.2, 0) is 10.8 Å². The quantitative estimate of drug-likeness (QED) is 0.353. The molecule has 5 aromatic rings. The molecule has 0 aliphatic rings. The summed E-state index contributed by atoms with van der Waals surface area (Å²) >= 11 is 0. The molecule has 5 heteroatoms. The summed E-state index contributed by atoms with van der Waals surface area (Å²) in [6.45, 7) is 4.26. The molecule has 0 saturated heterocycles. The van der Waals surface area contributed by atoms with Crippen LogP contribution >= 0.6 is 0 Å². The van der Waals surface area contributed by atoms with Crippen LogP contribution in [-0.4, -0.2) is 24.9 Å². The van der Waals surface area contributed by atoms with E-state index < -0.39 is 10.8 Å². The fourth-order valence-corrected chi connectivity index (χ4v) is 4.41. The number of hydrogen-bond acceptors (Lipinski definition) is 5. The number of rotatable bonds is 6. The van der Waals surface area contributed by atoms with Crippen LogP contribution in [0.3, 0.4) is 0 Å². The summed E-state index contributed by atoms with van der Waals surface area (Å²) in [6.07, 6.45) is 7.25. The van der Waals surface area contributed by atoms with Gasteiger partial charge in [-0.15, -0.1) is 0 Å². The molecule has 0 amide bonds. The molecule has 166 valence electrons. The lowest BCUT2D eigenvalue weighted by Gasteiger charge is -2.32. The molecule has 5 rings (SSSR count). The van der Waals surface area contributed by atoms with Gasteiger partial charge in [-0.05, 0) is 74.5 Å². The molecule has 5 heterocycles. The highest BCUT2D eigenvalue weighted by Gasteiger charge is 2.39. The van der Waals surface area contributed by atoms with E-state index in [0.29, 0.717) is 0 Å². The van der Waals surface area contributed by atoms with Crippen LogP contribution in [0.2, 0.25) is 0 Å². The van der Waals surface area contributed by atoms with Crippen molar-refractivity contribution in [2.24, 2.45) is 0 Å². The van der Waals surface area contributed by atoms with E-state index >= 15 is 0 Å². The molecule has 0 bridgehead atoms. The smallest absolute Gasteiger partial charge is 0.0939 e. The minimum atomic E-state index is -0.645. The largest absolute Gasteiger partial charge is 0.260 e. The van der Waals surface area contributed by atoms with E-state index in [-0.39, 0.29) is 0 Å². The van der Waals surface area contributed by atoms with Gasteiger partial charge in [-0.1, -0.05) is 30.3 Å². The zero-order chi connectivity index (χ0) is 23.4. The van der Waals surface area contributed by atoms with Gasteiger partial charge in [0.25, 0.3) is 0 Å². The van der Waals surface area contributed by atoms with Crippen molar-refractivity contribution in [1.29, 1.82) is 0 Å². The summed E-state index contributed by atoms with van der Waals surface area (Å²) in [5.41, 5.74) is 3.97. The molecule has 0 spiro atoms. The highest BCUT2D eigenvalue weighted by Crippen LogP contribution is 2.39. The van der Waals surface area contributed by atoms with Crippen LogP contribution < -0.4 is 0 Å². The third-order valence-electron chi connectivity index (χ3n) is 6.48. The first-order chi connectivity index (χ1) is 16.6. The SMILES string of the molecule is CC(c1ccccn1)(c1ccccn1)c1cccc(C(C)(c2ccccn2)c2ccccn2)n1. The predicted octanol–water partition coefficient (Wildman–Crippen LogP) is 5.37. The molecule has 0 radical (unpaired) electrons. The van der Waals surface area contributed by atoms with E-state index in [1.54, 1.807) is 0 Å². The second-order valence-corrected chi connectivity index (χ2v) is 8.52. The second kappa shape index (κ2) is 8.94. The first kappa shape index (κ1) is 21.6. The average molecular weight is 444 g/mol. The minimum Gasteiger partial charge on any atom is -0.260 e. The van der Waals surface area contributed by atoms with Crippen LogP contribution in [0.25, 0.3) is 0 Å². The summed E-state index contributed by atoms with van der Waals surface area (Å²) in [4.78, 5) is 24.1. The lowest BCUT2D eigenvalue weighted by molar-refractivity contribution is 0.581. The Balaban J connectivity index is 1.74. The topological polar surface area (TPSA) is 64.5 Å². The number of nitrogens with zero attached hydrogens (tertiary/aromatic N) is 5. The van der Waals surface area contributed by atoms with E-state index in [0.717, 1.165) is 34.2 Å². The van der Waals surface area contributed by atoms with Crippen molar-refractivity contribution in [2.45, 2.75) is 24.7 Å². The fraction of sp³-hybridized carbons (Fsp3) is 0.138. The van der Waals surface area contributed by atoms with E-state index in [1.807, 2.05) is 116 Å². The molecule has 0 aliphatic carbocycles. The van der Waals surface area contributed by atoms with Crippen molar-refractivity contribution < 1.29 is 0 Å². The molecule has 0 unspecified atom stereocenters.